The van der Waals surface area contributed by atoms with Gasteiger partial charge in [-0.05, 0) is 158 Å². The van der Waals surface area contributed by atoms with E-state index in [2.05, 4.69) is 41.7 Å². The van der Waals surface area contributed by atoms with E-state index in [0.717, 1.165) is 23.3 Å². The van der Waals surface area contributed by atoms with Gasteiger partial charge in [0.15, 0.2) is 11.6 Å². The third kappa shape index (κ3) is 11.7. The molecule has 0 saturated heterocycles. The normalized spacial score (nSPS) is 12.4. The Hall–Kier alpha value is -6.32. The number of tetrazole rings is 2. The average Bonchev–Trinajstić information content (AvgIpc) is 3.86. The van der Waals surface area contributed by atoms with Gasteiger partial charge in [-0.25, -0.2) is 4.39 Å². The van der Waals surface area contributed by atoms with Gasteiger partial charge in [-0.1, -0.05) is 59.7 Å². The maximum Gasteiger partial charge on any atom is 0.416 e. The number of aromatic nitrogens is 8. The van der Waals surface area contributed by atoms with Gasteiger partial charge in [0.05, 0.1) is 16.9 Å². The first-order valence-electron chi connectivity index (χ1n) is 20.0. The summed E-state index contributed by atoms with van der Waals surface area (Å²) < 4.78 is 55.9. The Morgan fingerprint density at radius 1 is 0.532 bits per heavy atom. The number of amides is 2. The van der Waals surface area contributed by atoms with Crippen molar-refractivity contribution in [2.45, 2.75) is 118 Å². The molecule has 0 spiro atoms. The summed E-state index contributed by atoms with van der Waals surface area (Å²) in [6.07, 6.45) is -4.42. The first-order chi connectivity index (χ1) is 28.5. The van der Waals surface area contributed by atoms with E-state index in [1.165, 1.54) is 18.2 Å². The van der Waals surface area contributed by atoms with E-state index >= 15 is 0 Å². The van der Waals surface area contributed by atoms with Crippen LogP contribution >= 0.6 is 0 Å². The third-order valence-electron chi connectivity index (χ3n) is 9.14. The first-order valence-corrected chi connectivity index (χ1v) is 20.0. The molecule has 0 atom stereocenters. The number of nitrogens with one attached hydrogen (secondary N) is 2. The molecule has 12 nitrogen and oxygen atoms in total. The molecule has 2 amide bonds. The zero-order valence-corrected chi connectivity index (χ0v) is 37.4. The summed E-state index contributed by atoms with van der Waals surface area (Å²) in [5, 5.41) is 30.1. The number of benzene rings is 4. The summed E-state index contributed by atoms with van der Waals surface area (Å²) in [6, 6.07) is 20.3. The van der Waals surface area contributed by atoms with E-state index < -0.39 is 17.3 Å². The number of nitrogens with zero attached hydrogens (tertiary/aromatic N) is 8. The minimum Gasteiger partial charge on any atom is -0.347 e. The summed E-state index contributed by atoms with van der Waals surface area (Å²) in [6.45, 7) is 25.1. The summed E-state index contributed by atoms with van der Waals surface area (Å²) >= 11 is 0. The second-order valence-electron chi connectivity index (χ2n) is 19.3. The first kappa shape index (κ1) is 46.7. The molecule has 16 heteroatoms. The van der Waals surface area contributed by atoms with Crippen LogP contribution in [0.3, 0.4) is 0 Å². The van der Waals surface area contributed by atoms with Crippen molar-refractivity contribution < 1.29 is 27.2 Å². The number of carbonyl (C=O) groups is 2. The lowest BCUT2D eigenvalue weighted by Crippen LogP contribution is -2.40. The van der Waals surface area contributed by atoms with Crippen LogP contribution in [-0.2, 0) is 17.0 Å². The van der Waals surface area contributed by atoms with Gasteiger partial charge >= 0.3 is 6.18 Å². The lowest BCUT2D eigenvalue weighted by atomic mass is 9.95. The molecule has 328 valence electrons. The van der Waals surface area contributed by atoms with Crippen LogP contribution in [0.5, 0.6) is 0 Å². The number of alkyl halides is 3. The highest BCUT2D eigenvalue weighted by molar-refractivity contribution is 5.97. The zero-order chi connectivity index (χ0) is 46.2. The van der Waals surface area contributed by atoms with Crippen LogP contribution in [-0.4, -0.2) is 63.3 Å². The molecule has 4 aromatic carbocycles. The van der Waals surface area contributed by atoms with Crippen molar-refractivity contribution in [3.63, 3.8) is 0 Å². The molecule has 0 saturated carbocycles. The van der Waals surface area contributed by atoms with Gasteiger partial charge in [0.1, 0.15) is 5.82 Å². The van der Waals surface area contributed by atoms with E-state index in [-0.39, 0.29) is 34.0 Å². The van der Waals surface area contributed by atoms with Crippen molar-refractivity contribution in [1.29, 1.82) is 0 Å². The molecule has 0 unspecified atom stereocenters. The fourth-order valence-corrected chi connectivity index (χ4v) is 6.22. The highest BCUT2D eigenvalue weighted by Gasteiger charge is 2.30. The second-order valence-corrected chi connectivity index (χ2v) is 19.3. The highest BCUT2D eigenvalue weighted by Crippen LogP contribution is 2.33. The maximum absolute atomic E-state index is 13.8. The van der Waals surface area contributed by atoms with Crippen molar-refractivity contribution in [3.8, 4) is 33.6 Å². The van der Waals surface area contributed by atoms with Gasteiger partial charge in [0, 0.05) is 33.0 Å². The molecule has 62 heavy (non-hydrogen) atoms. The molecule has 0 aliphatic heterocycles. The number of hydrogen-bond acceptors (Lipinski definition) is 8. The molecule has 6 rings (SSSR count). The van der Waals surface area contributed by atoms with Crippen LogP contribution in [0.4, 0.5) is 17.6 Å². The van der Waals surface area contributed by atoms with Crippen LogP contribution in [0.15, 0.2) is 78.9 Å². The lowest BCUT2D eigenvalue weighted by molar-refractivity contribution is -0.137. The Kier molecular flexibility index (Phi) is 13.0. The number of aryl methyl sites for hydroxylation is 1. The maximum atomic E-state index is 13.8. The average molecular weight is 855 g/mol. The van der Waals surface area contributed by atoms with Crippen LogP contribution < -0.4 is 10.6 Å². The van der Waals surface area contributed by atoms with Crippen molar-refractivity contribution in [2.75, 3.05) is 0 Å². The van der Waals surface area contributed by atoms with E-state index in [1.54, 1.807) is 58.8 Å². The molecule has 0 aliphatic carbocycles. The smallest absolute Gasteiger partial charge is 0.347 e. The summed E-state index contributed by atoms with van der Waals surface area (Å²) in [5.41, 5.74) is 3.03. The number of hydrogen-bond donors (Lipinski definition) is 2. The highest BCUT2D eigenvalue weighted by atomic mass is 19.4. The summed E-state index contributed by atoms with van der Waals surface area (Å²) in [5.74, 6) is 0.491. The Labute approximate surface area is 359 Å². The molecule has 6 aromatic rings. The Balaban J connectivity index is 0.000000235. The zero-order valence-electron chi connectivity index (χ0n) is 37.4. The van der Waals surface area contributed by atoms with Gasteiger partial charge in [-0.2, -0.15) is 22.5 Å². The van der Waals surface area contributed by atoms with E-state index in [9.17, 15) is 27.2 Å². The number of halogens is 4. The van der Waals surface area contributed by atoms with Gasteiger partial charge in [-0.3, -0.25) is 9.59 Å². The van der Waals surface area contributed by atoms with Gasteiger partial charge in [0.25, 0.3) is 11.8 Å². The molecule has 0 bridgehead atoms. The largest absolute Gasteiger partial charge is 0.416 e. The second kappa shape index (κ2) is 17.2. The molecule has 0 radical (unpaired) electrons. The van der Waals surface area contributed by atoms with Gasteiger partial charge in [-0.15, -0.1) is 10.2 Å². The van der Waals surface area contributed by atoms with E-state index in [4.69, 9.17) is 0 Å². The summed E-state index contributed by atoms with van der Waals surface area (Å²) in [7, 11) is 0. The SMILES string of the molecule is CC(C)(C)NC(=O)c1cc(-c2ccc(C(F)(F)F)cc2)cc(-n2nnnc2C(C)(C)C)c1.Cc1cc(-c2cc(C(=O)NC(C)(C)C)cc(-n3nnnc3C(C)(C)C)c2)ccc1F. The van der Waals surface area contributed by atoms with Gasteiger partial charge < -0.3 is 10.6 Å². The fraction of sp³-hybridized carbons (Fsp3) is 0.391. The molecular weight excluding hydrogens is 801 g/mol. The monoisotopic (exact) mass is 854 g/mol. The van der Waals surface area contributed by atoms with Crippen molar-refractivity contribution >= 4 is 11.8 Å². The van der Waals surface area contributed by atoms with Crippen molar-refractivity contribution in [3.05, 3.63) is 119 Å². The van der Waals surface area contributed by atoms with Crippen LogP contribution in [0.1, 0.15) is 127 Å². The molecule has 2 N–H and O–H groups in total. The number of rotatable bonds is 6. The molecule has 2 aromatic heterocycles. The Morgan fingerprint density at radius 2 is 0.935 bits per heavy atom. The molecule has 0 fully saturated rings. The minimum atomic E-state index is -4.42. The number of carbonyl (C=O) groups excluding carboxylic acids is 2. The molecular formula is C46H54F4N10O2. The minimum absolute atomic E-state index is 0.199. The topological polar surface area (TPSA) is 145 Å². The quantitative estimate of drug-likeness (QED) is 0.158. The predicted molar refractivity (Wildman–Crippen MR) is 231 cm³/mol. The van der Waals surface area contributed by atoms with Crippen molar-refractivity contribution in [1.82, 2.24) is 51.0 Å². The lowest BCUT2D eigenvalue weighted by Gasteiger charge is -2.22. The third-order valence-corrected chi connectivity index (χ3v) is 9.14. The molecule has 0 aliphatic rings. The standard InChI is InChI=1S/C23H26F3N5O.C23H28FN5O/c1-21(2,3)20-28-29-30-31(20)18-12-15(11-16(13-18)19(32)27-22(4,5)6)14-7-9-17(10-8-14)23(24,25)26;1-14-10-15(8-9-19(14)24)16-11-17(20(30)25-23(5,6)7)13-18(12-16)29-21(22(2,3)4)26-27-28-29/h7-13H,1-6H3,(H,27,32);8-13H,1-7H3,(H,25,30). The summed E-state index contributed by atoms with van der Waals surface area (Å²) in [4.78, 5) is 25.8. The van der Waals surface area contributed by atoms with E-state index in [1.807, 2.05) is 89.2 Å². The Bertz CT molecular complexity index is 2570. The fourth-order valence-electron chi connectivity index (χ4n) is 6.22. The van der Waals surface area contributed by atoms with Crippen LogP contribution in [0, 0.1) is 12.7 Å². The van der Waals surface area contributed by atoms with Crippen molar-refractivity contribution in [2.24, 2.45) is 0 Å². The molecule has 2 heterocycles. The van der Waals surface area contributed by atoms with Crippen LogP contribution in [0.25, 0.3) is 33.6 Å². The van der Waals surface area contributed by atoms with E-state index in [0.29, 0.717) is 50.8 Å². The van der Waals surface area contributed by atoms with Crippen LogP contribution in [0.2, 0.25) is 0 Å². The Morgan fingerprint density at radius 3 is 1.31 bits per heavy atom. The van der Waals surface area contributed by atoms with Gasteiger partial charge in [0.2, 0.25) is 0 Å². The predicted octanol–water partition coefficient (Wildman–Crippen LogP) is 9.78.